The number of hydrogen-bond acceptors (Lipinski definition) is 2. The molecule has 4 heteroatoms. The van der Waals surface area contributed by atoms with Gasteiger partial charge in [-0.1, -0.05) is 0 Å². The number of hydrogen-bond donors (Lipinski definition) is 0. The molecule has 35 heavy (non-hydrogen) atoms. The van der Waals surface area contributed by atoms with Gasteiger partial charge < -0.3 is 0 Å². The van der Waals surface area contributed by atoms with Crippen LogP contribution >= 0.6 is 17.6 Å². The molecule has 5 rings (SSSR count). The molecule has 2 atom stereocenters. The van der Waals surface area contributed by atoms with Crippen LogP contribution in [0.4, 0.5) is 0 Å². The van der Waals surface area contributed by atoms with Gasteiger partial charge in [-0.05, 0) is 0 Å². The fraction of sp³-hybridized carbons (Fsp3) is 0.226. The molecule has 0 aromatic heterocycles. The Bertz CT molecular complexity index is 1090. The molecule has 0 amide bonds. The van der Waals surface area contributed by atoms with Crippen molar-refractivity contribution in [2.24, 2.45) is 5.92 Å². The van der Waals surface area contributed by atoms with Crippen molar-refractivity contribution in [2.45, 2.75) is 37.4 Å². The Kier molecular flexibility index (Phi) is 8.07. The Balaban J connectivity index is 1.48. The van der Waals surface area contributed by atoms with Gasteiger partial charge in [0.15, 0.2) is 0 Å². The second-order valence-electron chi connectivity index (χ2n) is 9.49. The van der Waals surface area contributed by atoms with E-state index in [2.05, 4.69) is 121 Å². The summed E-state index contributed by atoms with van der Waals surface area (Å²) < 4.78 is 13.8. The minimum absolute atomic E-state index is 0.231. The van der Waals surface area contributed by atoms with Crippen LogP contribution in [0.25, 0.3) is 0 Å². The summed E-state index contributed by atoms with van der Waals surface area (Å²) in [6.45, 7) is 0. The summed E-state index contributed by atoms with van der Waals surface area (Å²) >= 11 is 0. The summed E-state index contributed by atoms with van der Waals surface area (Å²) in [5.41, 5.74) is 2.09. The molecule has 1 aliphatic carbocycles. The molecule has 0 heterocycles. The zero-order valence-electron chi connectivity index (χ0n) is 20.4. The van der Waals surface area contributed by atoms with Gasteiger partial charge in [0.1, 0.15) is 0 Å². The van der Waals surface area contributed by atoms with Crippen molar-refractivity contribution in [3.8, 4) is 0 Å². The molecular weight excluding hydrogens is 466 g/mol. The average Bonchev–Trinajstić information content (AvgIpc) is 2.95. The summed E-state index contributed by atoms with van der Waals surface area (Å²) in [7, 11) is -1.12. The molecule has 0 saturated heterocycles. The SMILES string of the molecule is [PH4]OC(c1ccccc1)(c1ccccc1)C1CCCC(O[PH2](c2ccccc2)c2ccccc2)C1. The van der Waals surface area contributed by atoms with Crippen LogP contribution in [0.5, 0.6) is 0 Å². The van der Waals surface area contributed by atoms with Gasteiger partial charge in [-0.2, -0.15) is 0 Å². The topological polar surface area (TPSA) is 18.5 Å². The zero-order valence-corrected chi connectivity index (χ0v) is 23.6. The summed E-state index contributed by atoms with van der Waals surface area (Å²) in [5.74, 6) is 0.366. The number of benzene rings is 4. The summed E-state index contributed by atoms with van der Waals surface area (Å²) in [6.07, 6.45) is 4.66. The van der Waals surface area contributed by atoms with E-state index in [0.29, 0.717) is 15.4 Å². The third kappa shape index (κ3) is 5.28. The molecule has 0 spiro atoms. The van der Waals surface area contributed by atoms with E-state index in [1.807, 2.05) is 0 Å². The molecule has 1 saturated carbocycles. The monoisotopic (exact) mass is 502 g/mol. The summed E-state index contributed by atoms with van der Waals surface area (Å²) in [5, 5.41) is 2.69. The van der Waals surface area contributed by atoms with Crippen LogP contribution in [0.15, 0.2) is 121 Å². The van der Waals surface area contributed by atoms with E-state index >= 15 is 0 Å². The third-order valence-corrected chi connectivity index (χ3v) is 10.7. The van der Waals surface area contributed by atoms with Crippen LogP contribution in [-0.4, -0.2) is 6.10 Å². The predicted molar refractivity (Wildman–Crippen MR) is 156 cm³/mol. The fourth-order valence-corrected chi connectivity index (χ4v) is 9.13. The molecule has 1 fully saturated rings. The molecule has 0 aliphatic heterocycles. The van der Waals surface area contributed by atoms with Crippen LogP contribution in [0.2, 0.25) is 0 Å². The number of rotatable bonds is 8. The van der Waals surface area contributed by atoms with Crippen LogP contribution < -0.4 is 10.6 Å². The van der Waals surface area contributed by atoms with Crippen molar-refractivity contribution in [3.05, 3.63) is 132 Å². The fourth-order valence-electron chi connectivity index (χ4n) is 5.85. The third-order valence-electron chi connectivity index (χ3n) is 7.46. The standard InChI is InChI=1S/C31H36O2P2/c34-33-31(25-14-5-1-6-15-25,26-16-7-2-8-17-26)27-18-13-19-28(24-27)32-35(29-20-9-3-10-21-29)30-22-11-4-12-23-30/h1-12,14-17,20-23,27-28H,13,18-19,24,35H2,34H4. The molecule has 182 valence electrons. The predicted octanol–water partition coefficient (Wildman–Crippen LogP) is 6.29. The maximum absolute atomic E-state index is 7.10. The quantitative estimate of drug-likeness (QED) is 0.264. The van der Waals surface area contributed by atoms with Crippen LogP contribution in [0, 0.1) is 5.92 Å². The van der Waals surface area contributed by atoms with Gasteiger partial charge in [0.25, 0.3) is 0 Å². The molecule has 0 N–H and O–H groups in total. The first kappa shape index (κ1) is 24.4. The van der Waals surface area contributed by atoms with Crippen molar-refractivity contribution < 1.29 is 9.05 Å². The van der Waals surface area contributed by atoms with Crippen LogP contribution in [0.1, 0.15) is 36.8 Å². The Morgan fingerprint density at radius 2 is 1.09 bits per heavy atom. The molecule has 2 unspecified atom stereocenters. The Labute approximate surface area is 212 Å². The van der Waals surface area contributed by atoms with Gasteiger partial charge in [-0.3, -0.25) is 0 Å². The molecule has 4 aromatic carbocycles. The molecular formula is C31H36O2P2. The van der Waals surface area contributed by atoms with Gasteiger partial charge in [-0.25, -0.2) is 0 Å². The normalized spacial score (nSPS) is 18.7. The minimum atomic E-state index is -1.79. The van der Waals surface area contributed by atoms with Gasteiger partial charge >= 0.3 is 213 Å². The first-order chi connectivity index (χ1) is 17.3. The molecule has 4 aromatic rings. The Hall–Kier alpha value is -2.34. The first-order valence-corrected chi connectivity index (χ1v) is 15.2. The summed E-state index contributed by atoms with van der Waals surface area (Å²) in [4.78, 5) is 0. The van der Waals surface area contributed by atoms with Gasteiger partial charge in [0.2, 0.25) is 0 Å². The zero-order chi connectivity index (χ0) is 23.9. The van der Waals surface area contributed by atoms with E-state index in [1.54, 1.807) is 0 Å². The van der Waals surface area contributed by atoms with Gasteiger partial charge in [-0.15, -0.1) is 0 Å². The van der Waals surface area contributed by atoms with Gasteiger partial charge in [0, 0.05) is 0 Å². The second kappa shape index (κ2) is 11.6. The van der Waals surface area contributed by atoms with Crippen molar-refractivity contribution >= 4 is 28.2 Å². The molecule has 0 bridgehead atoms. The van der Waals surface area contributed by atoms with Crippen molar-refractivity contribution in [1.29, 1.82) is 0 Å². The Morgan fingerprint density at radius 3 is 1.54 bits per heavy atom. The van der Waals surface area contributed by atoms with E-state index in [-0.39, 0.29) is 6.10 Å². The van der Waals surface area contributed by atoms with Crippen LogP contribution in [0.3, 0.4) is 0 Å². The van der Waals surface area contributed by atoms with Crippen molar-refractivity contribution in [2.75, 3.05) is 0 Å². The molecule has 2 nitrogen and oxygen atoms in total. The second-order valence-corrected chi connectivity index (χ2v) is 12.3. The maximum atomic E-state index is 7.10. The molecule has 1 aliphatic rings. The van der Waals surface area contributed by atoms with Crippen molar-refractivity contribution in [1.82, 2.24) is 0 Å². The van der Waals surface area contributed by atoms with E-state index < -0.39 is 13.7 Å². The Morgan fingerprint density at radius 1 is 0.629 bits per heavy atom. The van der Waals surface area contributed by atoms with Crippen LogP contribution in [-0.2, 0) is 14.6 Å². The summed E-state index contributed by atoms with van der Waals surface area (Å²) in [6, 6.07) is 43.4. The van der Waals surface area contributed by atoms with Crippen molar-refractivity contribution in [3.63, 3.8) is 0 Å². The first-order valence-electron chi connectivity index (χ1n) is 12.7. The van der Waals surface area contributed by atoms with E-state index in [9.17, 15) is 0 Å². The van der Waals surface area contributed by atoms with Gasteiger partial charge in [0.05, 0.1) is 0 Å². The average molecular weight is 503 g/mol. The van der Waals surface area contributed by atoms with E-state index in [1.165, 1.54) is 21.7 Å². The van der Waals surface area contributed by atoms with E-state index in [0.717, 1.165) is 25.7 Å². The van der Waals surface area contributed by atoms with E-state index in [4.69, 9.17) is 9.05 Å². The molecule has 0 radical (unpaired) electrons.